The number of aromatic nitrogens is 24. The van der Waals surface area contributed by atoms with Gasteiger partial charge in [0.05, 0.1) is 17.1 Å². The third-order valence-corrected chi connectivity index (χ3v) is 22.4. The molecule has 0 amide bonds. The predicted molar refractivity (Wildman–Crippen MR) is 507 cm³/mol. The van der Waals surface area contributed by atoms with Gasteiger partial charge in [0.1, 0.15) is 34.9 Å². The van der Waals surface area contributed by atoms with E-state index in [-0.39, 0.29) is 97.8 Å². The molecule has 0 unspecified atom stereocenters. The van der Waals surface area contributed by atoms with E-state index in [0.717, 1.165) is 90.2 Å². The monoisotopic (exact) mass is 2430 g/mol. The van der Waals surface area contributed by atoms with E-state index in [1.807, 2.05) is 159 Å². The van der Waals surface area contributed by atoms with Crippen molar-refractivity contribution < 1.29 is 103 Å². The van der Waals surface area contributed by atoms with Crippen LogP contribution in [0.3, 0.4) is 0 Å². The molecule has 0 fully saturated rings. The van der Waals surface area contributed by atoms with E-state index >= 15 is 0 Å². The molecule has 0 saturated carbocycles. The maximum atomic E-state index is 12.9. The number of aryl methyl sites for hydroxylation is 4. The van der Waals surface area contributed by atoms with Crippen LogP contribution in [-0.2, 0) is 88.8 Å². The number of hydrogen-bond acceptors (Lipinski definition) is 15. The third kappa shape index (κ3) is 24.8. The number of hydrogen-bond donors (Lipinski definition) is 0. The molecule has 0 atom stereocenters. The van der Waals surface area contributed by atoms with Crippen LogP contribution in [0.2, 0.25) is 0 Å². The number of fused-ring (bicyclic) bond motifs is 3. The number of nitrogens with zero attached hydrogens (tertiary/aromatic N) is 24. The normalized spacial score (nSPS) is 11.6. The van der Waals surface area contributed by atoms with Gasteiger partial charge in [-0.2, -0.15) is 39.5 Å². The first kappa shape index (κ1) is 106. The molecular weight excluding hydrogens is 2330 g/mol. The van der Waals surface area contributed by atoms with Gasteiger partial charge in [-0.15, -0.1) is 0 Å². The van der Waals surface area contributed by atoms with Crippen molar-refractivity contribution in [2.45, 2.75) is 178 Å². The van der Waals surface area contributed by atoms with Crippen molar-refractivity contribution in [1.29, 1.82) is 0 Å². The molecular formula is C103H99F9N24Pt3. The molecule has 0 radical (unpaired) electrons. The van der Waals surface area contributed by atoms with E-state index in [1.54, 1.807) is 37.2 Å². The topological polar surface area (TPSA) is 293 Å². The average Bonchev–Trinajstić information content (AvgIpc) is 1.76. The molecule has 24 nitrogen and oxygen atoms in total. The zero-order valence-electron chi connectivity index (χ0n) is 79.1. The van der Waals surface area contributed by atoms with Gasteiger partial charge in [0, 0.05) is 108 Å². The fourth-order valence-corrected chi connectivity index (χ4v) is 15.9. The van der Waals surface area contributed by atoms with E-state index in [4.69, 9.17) is 0 Å². The van der Waals surface area contributed by atoms with Crippen LogP contribution in [0.4, 0.5) is 39.5 Å². The summed E-state index contributed by atoms with van der Waals surface area (Å²) in [6, 6.07) is 58.7. The number of rotatable bonds is 17. The summed E-state index contributed by atoms with van der Waals surface area (Å²) in [5.41, 5.74) is 21.6. The zero-order chi connectivity index (χ0) is 97.4. The fourth-order valence-electron chi connectivity index (χ4n) is 15.9. The summed E-state index contributed by atoms with van der Waals surface area (Å²) in [7, 11) is 1.94. The Hall–Kier alpha value is -13.1. The third-order valence-electron chi connectivity index (χ3n) is 22.4. The maximum absolute atomic E-state index is 12.9. The van der Waals surface area contributed by atoms with Gasteiger partial charge < -0.3 is 74.5 Å². The molecule has 19 rings (SSSR count). The van der Waals surface area contributed by atoms with Crippen molar-refractivity contribution in [1.82, 2.24) is 120 Å². The summed E-state index contributed by atoms with van der Waals surface area (Å²) in [6.45, 7) is 36.1. The van der Waals surface area contributed by atoms with Crippen LogP contribution < -0.4 is 30.6 Å². The molecule has 0 aliphatic rings. The van der Waals surface area contributed by atoms with E-state index in [9.17, 15) is 39.5 Å². The van der Waals surface area contributed by atoms with E-state index in [0.29, 0.717) is 57.7 Å². The molecule has 7 aromatic carbocycles. The Kier molecular flexibility index (Phi) is 34.9. The number of halogens is 9. The van der Waals surface area contributed by atoms with Crippen LogP contribution in [-0.4, -0.2) is 89.1 Å². The van der Waals surface area contributed by atoms with E-state index < -0.39 is 36.0 Å². The fraction of sp³-hybridized carbons (Fsp3) is 0.272. The molecule has 0 saturated heterocycles. The van der Waals surface area contributed by atoms with Gasteiger partial charge in [-0.3, -0.25) is 30.2 Å². The van der Waals surface area contributed by atoms with E-state index in [1.165, 1.54) is 50.1 Å². The molecule has 12 heterocycles. The van der Waals surface area contributed by atoms with Crippen LogP contribution in [0.5, 0.6) is 0 Å². The summed E-state index contributed by atoms with van der Waals surface area (Å²) >= 11 is 0. The number of imidazole rings is 3. The van der Waals surface area contributed by atoms with Gasteiger partial charge >= 0.3 is 81.7 Å². The minimum atomic E-state index is -4.64. The molecule has 19 aromatic rings. The van der Waals surface area contributed by atoms with Crippen LogP contribution in [0.1, 0.15) is 206 Å². The van der Waals surface area contributed by atoms with Crippen molar-refractivity contribution >= 4 is 32.3 Å². The second-order valence-electron chi connectivity index (χ2n) is 34.7. The Morgan fingerprint density at radius 2 is 0.597 bits per heavy atom. The summed E-state index contributed by atoms with van der Waals surface area (Å²) in [6.07, 6.45) is 1.84. The minimum Gasteiger partial charge on any atom is -0.572 e. The molecule has 724 valence electrons. The van der Waals surface area contributed by atoms with Gasteiger partial charge in [-0.1, -0.05) is 228 Å². The summed E-state index contributed by atoms with van der Waals surface area (Å²) in [4.78, 5) is 36.1. The molecule has 0 spiro atoms. The van der Waals surface area contributed by atoms with Gasteiger partial charge in [0.2, 0.25) is 0 Å². The Labute approximate surface area is 841 Å². The second-order valence-corrected chi connectivity index (χ2v) is 34.7. The van der Waals surface area contributed by atoms with Crippen LogP contribution in [0, 0.1) is 20.8 Å². The van der Waals surface area contributed by atoms with Crippen LogP contribution >= 0.6 is 0 Å². The van der Waals surface area contributed by atoms with Crippen molar-refractivity contribution in [3.8, 4) is 108 Å². The standard InChI is InChI=1S/3C24H22F3N4.C13H11N4.C10H13N4.C8H9N4.3Pt/c3*1-13(2)17-6-5-7-18(14(3)4)20(17)16-8-9-19-15(12-16)10-11-28-21(19)22-29-23(31-30-22)24(25,26)27;1-10-9-12(16-15-10)13-14-7-8-17(13)11-5-3-2-4-6-11;1-7(2)14-5-4-11-10(14)9-6-8(3)12-13-9;1-6-5-7(11-10-6)8-9-3-4-12(8)2;;;/h3*5-14H,1-4H3;2-9H,1H3;4-7H,1-3H3;3-5H,1-2H3;;;/q6*-1;3*+2. The smallest absolute Gasteiger partial charge is 0.572 e. The number of pyridine rings is 3. The summed E-state index contributed by atoms with van der Waals surface area (Å²) < 4.78 is 122. The Morgan fingerprint density at radius 3 is 0.885 bits per heavy atom. The minimum absolute atomic E-state index is 0. The second kappa shape index (κ2) is 45.7. The molecule has 139 heavy (non-hydrogen) atoms. The van der Waals surface area contributed by atoms with Crippen molar-refractivity contribution in [2.24, 2.45) is 7.05 Å². The average molecular weight is 2430 g/mol. The van der Waals surface area contributed by atoms with Crippen LogP contribution in [0.25, 0.3) is 140 Å². The summed E-state index contributed by atoms with van der Waals surface area (Å²) in [5, 5.41) is 49.0. The molecule has 36 heteroatoms. The Balaban J connectivity index is 0.000000164. The molecule has 0 N–H and O–H groups in total. The van der Waals surface area contributed by atoms with Gasteiger partial charge in [-0.25, -0.2) is 15.0 Å². The number of para-hydroxylation sites is 1. The SMILES string of the molecule is CC(C)c1cccc(C(C)C)c1-c1ccc2c(-c3nc(C(F)(F)F)n[n-]3)nccc2c1.CC(C)c1cccc(C(C)C)c1-c1ccc2c(-c3nc(C(F)(F)F)n[n-]3)nccc2c1.CC(C)c1cccc(C(C)C)c1-c1ccc2c(-c3nc(C(F)(F)F)n[n-]3)nccc2c1.Cc1cc(-c2nccn2-c2ccccc2)[n-]n1.Cc1cc(-c2nccn2C(C)C)[n-]n1.Cc1cc(-c2nccn2C)[n-]n1.[Pt+2].[Pt+2].[Pt+2]. The first-order valence-corrected chi connectivity index (χ1v) is 44.2. The van der Waals surface area contributed by atoms with Gasteiger partial charge in [0.25, 0.3) is 0 Å². The Morgan fingerprint density at radius 1 is 0.295 bits per heavy atom. The number of benzene rings is 7. The quantitative estimate of drug-likeness (QED) is 0.0765. The Bertz CT molecular complexity index is 6760. The van der Waals surface area contributed by atoms with Gasteiger partial charge in [-0.05, 0) is 219 Å². The largest absolute Gasteiger partial charge is 2.00 e. The predicted octanol–water partition coefficient (Wildman–Crippen LogP) is 24.5. The molecule has 0 bridgehead atoms. The molecule has 12 aromatic heterocycles. The molecule has 0 aliphatic heterocycles. The first-order chi connectivity index (χ1) is 64.8. The van der Waals surface area contributed by atoms with Crippen molar-refractivity contribution in [2.75, 3.05) is 0 Å². The molecule has 0 aliphatic carbocycles. The van der Waals surface area contributed by atoms with E-state index in [2.05, 4.69) is 280 Å². The van der Waals surface area contributed by atoms with Crippen LogP contribution in [0.15, 0.2) is 232 Å². The maximum Gasteiger partial charge on any atom is 2.00 e. The van der Waals surface area contributed by atoms with Gasteiger partial charge in [0.15, 0.2) is 0 Å². The van der Waals surface area contributed by atoms with Crippen molar-refractivity contribution in [3.63, 3.8) is 0 Å². The summed E-state index contributed by atoms with van der Waals surface area (Å²) in [5.74, 6) is 0.495. The zero-order valence-corrected chi connectivity index (χ0v) is 85.9. The number of alkyl halides is 9. The first-order valence-electron chi connectivity index (χ1n) is 44.2. The van der Waals surface area contributed by atoms with Crippen molar-refractivity contribution in [3.05, 3.63) is 300 Å².